The summed E-state index contributed by atoms with van der Waals surface area (Å²) in [6, 6.07) is 6.81. The SMILES string of the molecule is COc1ccccc1NC(=O)[C@]1(O)SCCO[C@@]1(C)O. The monoisotopic (exact) mass is 299 g/mol. The highest BCUT2D eigenvalue weighted by molar-refractivity contribution is 8.01. The Morgan fingerprint density at radius 2 is 2.15 bits per heavy atom. The molecule has 2 rings (SSSR count). The number of amides is 1. The van der Waals surface area contributed by atoms with Crippen molar-refractivity contribution in [1.29, 1.82) is 0 Å². The van der Waals surface area contributed by atoms with Crippen molar-refractivity contribution >= 4 is 23.4 Å². The van der Waals surface area contributed by atoms with Gasteiger partial charge in [-0.25, -0.2) is 0 Å². The Hall–Kier alpha value is -1.28. The summed E-state index contributed by atoms with van der Waals surface area (Å²) < 4.78 is 10.2. The summed E-state index contributed by atoms with van der Waals surface area (Å²) in [4.78, 5) is 10.2. The number of nitrogens with one attached hydrogen (secondary N) is 1. The van der Waals surface area contributed by atoms with Crippen molar-refractivity contribution in [3.8, 4) is 5.75 Å². The third-order valence-corrected chi connectivity index (χ3v) is 4.42. The van der Waals surface area contributed by atoms with E-state index in [2.05, 4.69) is 5.32 Å². The van der Waals surface area contributed by atoms with Crippen LogP contribution >= 0.6 is 11.8 Å². The van der Waals surface area contributed by atoms with Crippen molar-refractivity contribution < 1.29 is 24.5 Å². The molecule has 2 atom stereocenters. The number of carbonyl (C=O) groups is 1. The normalized spacial score (nSPS) is 29.8. The van der Waals surface area contributed by atoms with Crippen LogP contribution < -0.4 is 10.1 Å². The van der Waals surface area contributed by atoms with E-state index in [0.29, 0.717) is 17.2 Å². The number of rotatable bonds is 3. The lowest BCUT2D eigenvalue weighted by molar-refractivity contribution is -0.252. The van der Waals surface area contributed by atoms with Crippen LogP contribution in [0, 0.1) is 0 Å². The molecule has 0 aromatic heterocycles. The molecule has 1 aromatic carbocycles. The molecular formula is C13H17NO5S. The van der Waals surface area contributed by atoms with Gasteiger partial charge in [0.25, 0.3) is 5.91 Å². The molecule has 110 valence electrons. The van der Waals surface area contributed by atoms with Crippen LogP contribution in [0.4, 0.5) is 5.69 Å². The summed E-state index contributed by atoms with van der Waals surface area (Å²) in [5.74, 6) is -1.84. The van der Waals surface area contributed by atoms with Crippen LogP contribution in [0.2, 0.25) is 0 Å². The van der Waals surface area contributed by atoms with Gasteiger partial charge in [0.1, 0.15) is 5.75 Å². The highest BCUT2D eigenvalue weighted by Crippen LogP contribution is 2.39. The van der Waals surface area contributed by atoms with Gasteiger partial charge in [-0.2, -0.15) is 0 Å². The second-order valence-corrected chi connectivity index (χ2v) is 5.77. The van der Waals surface area contributed by atoms with E-state index in [4.69, 9.17) is 9.47 Å². The maximum Gasteiger partial charge on any atom is 0.272 e. The third kappa shape index (κ3) is 2.62. The fourth-order valence-corrected chi connectivity index (χ4v) is 2.86. The van der Waals surface area contributed by atoms with Gasteiger partial charge in [0, 0.05) is 5.75 Å². The first-order valence-electron chi connectivity index (χ1n) is 6.08. The molecule has 0 spiro atoms. The zero-order valence-electron chi connectivity index (χ0n) is 11.3. The molecule has 1 saturated heterocycles. The molecule has 20 heavy (non-hydrogen) atoms. The van der Waals surface area contributed by atoms with E-state index < -0.39 is 16.6 Å². The van der Waals surface area contributed by atoms with Crippen LogP contribution in [0.1, 0.15) is 6.92 Å². The topological polar surface area (TPSA) is 88.0 Å². The van der Waals surface area contributed by atoms with Crippen LogP contribution in [-0.2, 0) is 9.53 Å². The summed E-state index contributed by atoms with van der Waals surface area (Å²) in [7, 11) is 1.48. The number of para-hydroxylation sites is 2. The highest BCUT2D eigenvalue weighted by Gasteiger charge is 2.56. The second kappa shape index (κ2) is 5.61. The van der Waals surface area contributed by atoms with Gasteiger partial charge in [0.15, 0.2) is 0 Å². The average molecular weight is 299 g/mol. The van der Waals surface area contributed by atoms with Gasteiger partial charge in [0.05, 0.1) is 19.4 Å². The zero-order valence-corrected chi connectivity index (χ0v) is 12.1. The Bertz CT molecular complexity index is 507. The van der Waals surface area contributed by atoms with Crippen molar-refractivity contribution in [1.82, 2.24) is 0 Å². The Labute approximate surface area is 121 Å². The van der Waals surface area contributed by atoms with E-state index in [0.717, 1.165) is 11.8 Å². The molecule has 6 nitrogen and oxygen atoms in total. The number of hydrogen-bond acceptors (Lipinski definition) is 6. The van der Waals surface area contributed by atoms with E-state index >= 15 is 0 Å². The van der Waals surface area contributed by atoms with Crippen molar-refractivity contribution in [2.45, 2.75) is 17.6 Å². The number of aliphatic hydroxyl groups is 2. The first-order chi connectivity index (χ1) is 9.40. The molecule has 0 bridgehead atoms. The van der Waals surface area contributed by atoms with Crippen molar-refractivity contribution in [2.75, 3.05) is 24.8 Å². The van der Waals surface area contributed by atoms with Crippen LogP contribution in [0.5, 0.6) is 5.75 Å². The van der Waals surface area contributed by atoms with Gasteiger partial charge in [-0.15, -0.1) is 11.8 Å². The lowest BCUT2D eigenvalue weighted by atomic mass is 10.1. The van der Waals surface area contributed by atoms with Gasteiger partial charge in [-0.3, -0.25) is 4.79 Å². The number of carbonyl (C=O) groups excluding carboxylic acids is 1. The lowest BCUT2D eigenvalue weighted by Crippen LogP contribution is -2.61. The Kier molecular flexibility index (Phi) is 4.24. The summed E-state index contributed by atoms with van der Waals surface area (Å²) >= 11 is 0.941. The van der Waals surface area contributed by atoms with E-state index in [1.807, 2.05) is 0 Å². The van der Waals surface area contributed by atoms with Crippen molar-refractivity contribution in [2.24, 2.45) is 0 Å². The third-order valence-electron chi connectivity index (χ3n) is 3.07. The van der Waals surface area contributed by atoms with Gasteiger partial charge in [0.2, 0.25) is 10.7 Å². The number of hydrogen-bond donors (Lipinski definition) is 3. The molecule has 1 fully saturated rings. The Morgan fingerprint density at radius 3 is 2.80 bits per heavy atom. The largest absolute Gasteiger partial charge is 0.495 e. The molecule has 0 saturated carbocycles. The van der Waals surface area contributed by atoms with Crippen molar-refractivity contribution in [3.05, 3.63) is 24.3 Å². The second-order valence-electron chi connectivity index (χ2n) is 4.48. The van der Waals surface area contributed by atoms with Crippen LogP contribution in [0.25, 0.3) is 0 Å². The number of benzene rings is 1. The van der Waals surface area contributed by atoms with E-state index in [-0.39, 0.29) is 6.61 Å². The first-order valence-corrected chi connectivity index (χ1v) is 7.06. The summed E-state index contributed by atoms with van der Waals surface area (Å²) in [6.07, 6.45) is 0. The smallest absolute Gasteiger partial charge is 0.272 e. The molecule has 1 aromatic rings. The van der Waals surface area contributed by atoms with Gasteiger partial charge in [-0.1, -0.05) is 12.1 Å². The molecule has 0 radical (unpaired) electrons. The Morgan fingerprint density at radius 1 is 1.45 bits per heavy atom. The van der Waals surface area contributed by atoms with Crippen LogP contribution in [0.15, 0.2) is 24.3 Å². The fraction of sp³-hybridized carbons (Fsp3) is 0.462. The standard InChI is InChI=1S/C13H17NO5S/c1-12(16)13(17,20-8-7-19-12)11(15)14-9-5-3-4-6-10(9)18-2/h3-6,16-17H,7-8H2,1-2H3,(H,14,15)/t12-,13+/m1/s1. The summed E-state index contributed by atoms with van der Waals surface area (Å²) in [5.41, 5.74) is 0.412. The molecule has 1 heterocycles. The molecular weight excluding hydrogens is 282 g/mol. The minimum atomic E-state index is -2.08. The predicted octanol–water partition coefficient (Wildman–Crippen LogP) is 0.794. The van der Waals surface area contributed by atoms with Gasteiger partial charge >= 0.3 is 0 Å². The number of anilines is 1. The molecule has 0 aliphatic carbocycles. The van der Waals surface area contributed by atoms with Crippen molar-refractivity contribution in [3.63, 3.8) is 0 Å². The predicted molar refractivity (Wildman–Crippen MR) is 75.6 cm³/mol. The zero-order chi connectivity index (χ0) is 14.8. The Balaban J connectivity index is 2.23. The molecule has 3 N–H and O–H groups in total. The number of ether oxygens (including phenoxy) is 2. The van der Waals surface area contributed by atoms with Gasteiger partial charge in [-0.05, 0) is 19.1 Å². The highest BCUT2D eigenvalue weighted by atomic mass is 32.2. The number of methoxy groups -OCH3 is 1. The molecule has 7 heteroatoms. The molecule has 1 aliphatic rings. The molecule has 0 unspecified atom stereocenters. The maximum atomic E-state index is 12.3. The van der Waals surface area contributed by atoms with E-state index in [1.165, 1.54) is 14.0 Å². The molecule has 1 amide bonds. The van der Waals surface area contributed by atoms with E-state index in [9.17, 15) is 15.0 Å². The fourth-order valence-electron chi connectivity index (χ4n) is 1.89. The quantitative estimate of drug-likeness (QED) is 0.765. The minimum absolute atomic E-state index is 0.266. The minimum Gasteiger partial charge on any atom is -0.495 e. The van der Waals surface area contributed by atoms with Crippen LogP contribution in [0.3, 0.4) is 0 Å². The average Bonchev–Trinajstić information content (AvgIpc) is 2.42. The van der Waals surface area contributed by atoms with Gasteiger partial charge < -0.3 is 25.0 Å². The number of thioether (sulfide) groups is 1. The molecule has 1 aliphatic heterocycles. The summed E-state index contributed by atoms with van der Waals surface area (Å²) in [5, 5.41) is 23.1. The first kappa shape index (κ1) is 15.1. The lowest BCUT2D eigenvalue weighted by Gasteiger charge is -2.41. The summed E-state index contributed by atoms with van der Waals surface area (Å²) in [6.45, 7) is 1.53. The maximum absolute atomic E-state index is 12.3. The van der Waals surface area contributed by atoms with Crippen LogP contribution in [-0.4, -0.2) is 46.3 Å². The van der Waals surface area contributed by atoms with E-state index in [1.54, 1.807) is 24.3 Å².